The lowest BCUT2D eigenvalue weighted by molar-refractivity contribution is -0.112. The van der Waals surface area contributed by atoms with E-state index in [1.165, 1.54) is 14.2 Å². The molecule has 0 saturated carbocycles. The van der Waals surface area contributed by atoms with E-state index in [2.05, 4.69) is 5.32 Å². The third-order valence-electron chi connectivity index (χ3n) is 4.12. The fraction of sp³-hybridized carbons (Fsp3) is 0.143. The van der Waals surface area contributed by atoms with Crippen molar-refractivity contribution in [2.24, 2.45) is 0 Å². The Labute approximate surface area is 157 Å². The van der Waals surface area contributed by atoms with Gasteiger partial charge in [0, 0.05) is 18.8 Å². The SMILES string of the molecule is COc1ccc(NC(=O)C(=O)c2cccn2Cc2ccccc2)c(OC)c1. The van der Waals surface area contributed by atoms with E-state index in [9.17, 15) is 9.59 Å². The highest BCUT2D eigenvalue weighted by atomic mass is 16.5. The molecule has 3 aromatic rings. The van der Waals surface area contributed by atoms with Gasteiger partial charge in [-0.15, -0.1) is 0 Å². The van der Waals surface area contributed by atoms with Gasteiger partial charge in [-0.05, 0) is 29.8 Å². The zero-order chi connectivity index (χ0) is 19.2. The van der Waals surface area contributed by atoms with Gasteiger partial charge in [-0.3, -0.25) is 9.59 Å². The van der Waals surface area contributed by atoms with E-state index in [4.69, 9.17) is 9.47 Å². The quantitative estimate of drug-likeness (QED) is 0.515. The van der Waals surface area contributed by atoms with Gasteiger partial charge in [-0.2, -0.15) is 0 Å². The van der Waals surface area contributed by atoms with Crippen LogP contribution in [0.25, 0.3) is 0 Å². The first-order valence-corrected chi connectivity index (χ1v) is 8.39. The van der Waals surface area contributed by atoms with Crippen molar-refractivity contribution in [3.8, 4) is 11.5 Å². The summed E-state index contributed by atoms with van der Waals surface area (Å²) in [5.41, 5.74) is 1.77. The van der Waals surface area contributed by atoms with Crippen molar-refractivity contribution < 1.29 is 19.1 Å². The largest absolute Gasteiger partial charge is 0.497 e. The number of methoxy groups -OCH3 is 2. The average molecular weight is 364 g/mol. The van der Waals surface area contributed by atoms with Gasteiger partial charge in [0.25, 0.3) is 11.7 Å². The maximum absolute atomic E-state index is 12.6. The minimum atomic E-state index is -0.730. The van der Waals surface area contributed by atoms with E-state index in [0.29, 0.717) is 29.4 Å². The van der Waals surface area contributed by atoms with Crippen LogP contribution in [0.15, 0.2) is 66.9 Å². The number of amides is 1. The van der Waals surface area contributed by atoms with Crippen molar-refractivity contribution in [3.05, 3.63) is 78.1 Å². The lowest BCUT2D eigenvalue weighted by Crippen LogP contribution is -2.25. The van der Waals surface area contributed by atoms with Crippen LogP contribution in [0, 0.1) is 0 Å². The van der Waals surface area contributed by atoms with Gasteiger partial charge in [-0.25, -0.2) is 0 Å². The fourth-order valence-corrected chi connectivity index (χ4v) is 2.74. The molecule has 0 aliphatic rings. The van der Waals surface area contributed by atoms with Crippen LogP contribution < -0.4 is 14.8 Å². The molecular formula is C21H20N2O4. The summed E-state index contributed by atoms with van der Waals surface area (Å²) in [7, 11) is 3.02. The number of Topliss-reactive ketones (excluding diaryl/α,β-unsaturated/α-hetero) is 1. The zero-order valence-electron chi connectivity index (χ0n) is 15.1. The molecule has 0 bridgehead atoms. The molecule has 1 heterocycles. The van der Waals surface area contributed by atoms with Gasteiger partial charge in [0.05, 0.1) is 25.6 Å². The molecule has 0 spiro atoms. The minimum Gasteiger partial charge on any atom is -0.497 e. The van der Waals surface area contributed by atoms with E-state index >= 15 is 0 Å². The molecule has 0 saturated heterocycles. The molecule has 0 radical (unpaired) electrons. The Morgan fingerprint density at radius 2 is 1.74 bits per heavy atom. The molecule has 1 amide bonds. The number of hydrogen-bond acceptors (Lipinski definition) is 4. The number of aromatic nitrogens is 1. The maximum Gasteiger partial charge on any atom is 0.298 e. The summed E-state index contributed by atoms with van der Waals surface area (Å²) in [6, 6.07) is 18.1. The minimum absolute atomic E-state index is 0.323. The summed E-state index contributed by atoms with van der Waals surface area (Å²) in [6.45, 7) is 0.508. The number of carbonyl (C=O) groups is 2. The molecular weight excluding hydrogens is 344 g/mol. The van der Waals surface area contributed by atoms with Crippen LogP contribution >= 0.6 is 0 Å². The molecule has 6 heteroatoms. The molecule has 138 valence electrons. The van der Waals surface area contributed by atoms with Crippen LogP contribution in [0.2, 0.25) is 0 Å². The average Bonchev–Trinajstić information content (AvgIpc) is 3.16. The summed E-state index contributed by atoms with van der Waals surface area (Å²) in [4.78, 5) is 25.1. The highest BCUT2D eigenvalue weighted by molar-refractivity contribution is 6.46. The smallest absolute Gasteiger partial charge is 0.298 e. The number of benzene rings is 2. The van der Waals surface area contributed by atoms with Gasteiger partial charge in [0.1, 0.15) is 11.5 Å². The second-order valence-electron chi connectivity index (χ2n) is 5.86. The Morgan fingerprint density at radius 1 is 0.963 bits per heavy atom. The lowest BCUT2D eigenvalue weighted by Gasteiger charge is -2.12. The van der Waals surface area contributed by atoms with Gasteiger partial charge in [-0.1, -0.05) is 30.3 Å². The number of hydrogen-bond donors (Lipinski definition) is 1. The van der Waals surface area contributed by atoms with Crippen molar-refractivity contribution in [1.29, 1.82) is 0 Å². The monoisotopic (exact) mass is 364 g/mol. The maximum atomic E-state index is 12.6. The summed E-state index contributed by atoms with van der Waals surface area (Å²) >= 11 is 0. The topological polar surface area (TPSA) is 69.6 Å². The molecule has 0 atom stereocenters. The van der Waals surface area contributed by atoms with E-state index in [1.54, 1.807) is 41.1 Å². The molecule has 0 aliphatic heterocycles. The molecule has 27 heavy (non-hydrogen) atoms. The molecule has 2 aromatic carbocycles. The van der Waals surface area contributed by atoms with E-state index in [-0.39, 0.29) is 0 Å². The summed E-state index contributed by atoms with van der Waals surface area (Å²) in [6.07, 6.45) is 1.78. The van der Waals surface area contributed by atoms with Crippen molar-refractivity contribution >= 4 is 17.4 Å². The second-order valence-corrected chi connectivity index (χ2v) is 5.86. The zero-order valence-corrected chi connectivity index (χ0v) is 15.1. The van der Waals surface area contributed by atoms with Crippen LogP contribution in [-0.2, 0) is 11.3 Å². The first-order valence-electron chi connectivity index (χ1n) is 8.39. The van der Waals surface area contributed by atoms with Gasteiger partial charge >= 0.3 is 0 Å². The van der Waals surface area contributed by atoms with E-state index < -0.39 is 11.7 Å². The van der Waals surface area contributed by atoms with Crippen molar-refractivity contribution in [1.82, 2.24) is 4.57 Å². The molecule has 1 aromatic heterocycles. The number of rotatable bonds is 7. The second kappa shape index (κ2) is 8.23. The molecule has 6 nitrogen and oxygen atoms in total. The molecule has 0 unspecified atom stereocenters. The molecule has 0 aliphatic carbocycles. The Kier molecular flexibility index (Phi) is 5.56. The van der Waals surface area contributed by atoms with E-state index in [1.807, 2.05) is 30.3 Å². The number of ether oxygens (including phenoxy) is 2. The van der Waals surface area contributed by atoms with Crippen molar-refractivity contribution in [3.63, 3.8) is 0 Å². The van der Waals surface area contributed by atoms with Gasteiger partial charge < -0.3 is 19.4 Å². The fourth-order valence-electron chi connectivity index (χ4n) is 2.74. The highest BCUT2D eigenvalue weighted by Gasteiger charge is 2.21. The van der Waals surface area contributed by atoms with Crippen LogP contribution in [-0.4, -0.2) is 30.5 Å². The van der Waals surface area contributed by atoms with Crippen LogP contribution in [0.5, 0.6) is 11.5 Å². The van der Waals surface area contributed by atoms with Gasteiger partial charge in [0.15, 0.2) is 0 Å². The number of nitrogens with zero attached hydrogens (tertiary/aromatic N) is 1. The van der Waals surface area contributed by atoms with Crippen molar-refractivity contribution in [2.75, 3.05) is 19.5 Å². The standard InChI is InChI=1S/C21H20N2O4/c1-26-16-10-11-17(19(13-16)27-2)22-21(25)20(24)18-9-6-12-23(18)14-15-7-4-3-5-8-15/h3-13H,14H2,1-2H3,(H,22,25). The molecule has 0 fully saturated rings. The Balaban J connectivity index is 1.77. The first kappa shape index (κ1) is 18.3. The third kappa shape index (κ3) is 4.17. The number of nitrogens with one attached hydrogen (secondary N) is 1. The van der Waals surface area contributed by atoms with Crippen LogP contribution in [0.1, 0.15) is 16.1 Å². The van der Waals surface area contributed by atoms with Gasteiger partial charge in [0.2, 0.25) is 0 Å². The molecule has 1 N–H and O–H groups in total. The number of carbonyl (C=O) groups excluding carboxylic acids is 2. The third-order valence-corrected chi connectivity index (χ3v) is 4.12. The number of ketones is 1. The van der Waals surface area contributed by atoms with Crippen molar-refractivity contribution in [2.45, 2.75) is 6.54 Å². The Bertz CT molecular complexity index is 948. The predicted molar refractivity (Wildman–Crippen MR) is 102 cm³/mol. The summed E-state index contributed by atoms with van der Waals surface area (Å²) in [5.74, 6) is -0.344. The van der Waals surface area contributed by atoms with Crippen LogP contribution in [0.3, 0.4) is 0 Å². The first-order chi connectivity index (χ1) is 13.1. The highest BCUT2D eigenvalue weighted by Crippen LogP contribution is 2.29. The molecule has 3 rings (SSSR count). The Hall–Kier alpha value is -3.54. The summed E-state index contributed by atoms with van der Waals surface area (Å²) in [5, 5.41) is 2.61. The lowest BCUT2D eigenvalue weighted by atomic mass is 10.2. The number of anilines is 1. The van der Waals surface area contributed by atoms with E-state index in [0.717, 1.165) is 5.56 Å². The van der Waals surface area contributed by atoms with Crippen LogP contribution in [0.4, 0.5) is 5.69 Å². The Morgan fingerprint density at radius 3 is 2.44 bits per heavy atom. The summed E-state index contributed by atoms with van der Waals surface area (Å²) < 4.78 is 12.1. The normalized spacial score (nSPS) is 10.3. The predicted octanol–water partition coefficient (Wildman–Crippen LogP) is 3.38.